The van der Waals surface area contributed by atoms with Gasteiger partial charge in [-0.25, -0.2) is 9.97 Å². The molecule has 0 saturated heterocycles. The monoisotopic (exact) mass is 471 g/mol. The van der Waals surface area contributed by atoms with Crippen LogP contribution in [0.4, 0.5) is 11.5 Å². The molecule has 0 spiro atoms. The molecule has 2 saturated carbocycles. The first-order valence-corrected chi connectivity index (χ1v) is 12.8. The van der Waals surface area contributed by atoms with Crippen LogP contribution in [0, 0.1) is 17.8 Å². The van der Waals surface area contributed by atoms with Crippen LogP contribution < -0.4 is 10.6 Å². The molecule has 7 nitrogen and oxygen atoms in total. The summed E-state index contributed by atoms with van der Waals surface area (Å²) in [6, 6.07) is 9.49. The highest BCUT2D eigenvalue weighted by atomic mass is 16.2. The molecule has 35 heavy (non-hydrogen) atoms. The highest BCUT2D eigenvalue weighted by Crippen LogP contribution is 2.33. The molecule has 0 aliphatic heterocycles. The number of imidazole rings is 1. The largest absolute Gasteiger partial charge is 0.337 e. The SMILES string of the molecule is C=CC(CC1CCC1)C(=O)Nc1cc2nc(-c3ccc(NC(=O)C4CCCCC4)cc3)[nH]c2cn1. The standard InChI is InChI=1S/C28H33N5O2/c1-2-19(15-18-7-6-8-18)27(34)33-25-16-23-24(17-29-25)32-26(31-23)20-11-13-22(14-12-20)30-28(35)21-9-4-3-5-10-21/h2,11-14,16-19,21H,1,3-10,15H2,(H,30,35)(H,31,32)(H,29,33,34). The van der Waals surface area contributed by atoms with Crippen molar-refractivity contribution < 1.29 is 9.59 Å². The van der Waals surface area contributed by atoms with E-state index in [-0.39, 0.29) is 23.7 Å². The maximum absolute atomic E-state index is 12.7. The van der Waals surface area contributed by atoms with Gasteiger partial charge in [-0.2, -0.15) is 0 Å². The Hall–Kier alpha value is -3.48. The summed E-state index contributed by atoms with van der Waals surface area (Å²) in [5.74, 6) is 1.80. The summed E-state index contributed by atoms with van der Waals surface area (Å²) in [7, 11) is 0. The number of H-pyrrole nitrogens is 1. The molecule has 2 heterocycles. The molecule has 3 N–H and O–H groups in total. The van der Waals surface area contributed by atoms with Gasteiger partial charge in [-0.15, -0.1) is 6.58 Å². The van der Waals surface area contributed by atoms with E-state index in [1.54, 1.807) is 18.3 Å². The quantitative estimate of drug-likeness (QED) is 0.347. The van der Waals surface area contributed by atoms with E-state index in [0.29, 0.717) is 17.6 Å². The van der Waals surface area contributed by atoms with Crippen LogP contribution in [0.1, 0.15) is 57.8 Å². The first-order valence-electron chi connectivity index (χ1n) is 12.8. The molecule has 1 unspecified atom stereocenters. The van der Waals surface area contributed by atoms with Gasteiger partial charge < -0.3 is 15.6 Å². The molecule has 1 aromatic carbocycles. The normalized spacial score (nSPS) is 17.5. The Bertz CT molecular complexity index is 1210. The second-order valence-electron chi connectivity index (χ2n) is 9.94. The van der Waals surface area contributed by atoms with Gasteiger partial charge in [0.1, 0.15) is 11.6 Å². The number of hydrogen-bond donors (Lipinski definition) is 3. The van der Waals surface area contributed by atoms with Crippen LogP contribution >= 0.6 is 0 Å². The average molecular weight is 472 g/mol. The van der Waals surface area contributed by atoms with Crippen LogP contribution in [0.5, 0.6) is 0 Å². The van der Waals surface area contributed by atoms with Crippen molar-refractivity contribution in [2.24, 2.45) is 17.8 Å². The molecular formula is C28H33N5O2. The van der Waals surface area contributed by atoms with Crippen molar-refractivity contribution in [2.75, 3.05) is 10.6 Å². The number of rotatable bonds is 8. The van der Waals surface area contributed by atoms with Crippen molar-refractivity contribution in [3.63, 3.8) is 0 Å². The van der Waals surface area contributed by atoms with Crippen molar-refractivity contribution in [1.82, 2.24) is 15.0 Å². The fourth-order valence-corrected chi connectivity index (χ4v) is 5.05. The van der Waals surface area contributed by atoms with E-state index in [1.165, 1.54) is 25.7 Å². The highest BCUT2D eigenvalue weighted by molar-refractivity contribution is 5.94. The fraction of sp³-hybridized carbons (Fsp3) is 0.429. The zero-order chi connectivity index (χ0) is 24.2. The van der Waals surface area contributed by atoms with E-state index >= 15 is 0 Å². The fourth-order valence-electron chi connectivity index (χ4n) is 5.05. The number of nitrogens with zero attached hydrogens (tertiary/aromatic N) is 2. The zero-order valence-electron chi connectivity index (χ0n) is 20.1. The number of pyridine rings is 1. The van der Waals surface area contributed by atoms with Crippen molar-refractivity contribution in [3.8, 4) is 11.4 Å². The number of carbonyl (C=O) groups is 2. The molecule has 2 amide bonds. The number of nitrogens with one attached hydrogen (secondary N) is 3. The lowest BCUT2D eigenvalue weighted by Crippen LogP contribution is -2.26. The van der Waals surface area contributed by atoms with Crippen LogP contribution in [0.25, 0.3) is 22.4 Å². The molecule has 2 fully saturated rings. The minimum atomic E-state index is -0.204. The summed E-state index contributed by atoms with van der Waals surface area (Å²) in [5, 5.41) is 5.97. The van der Waals surface area contributed by atoms with Crippen molar-refractivity contribution >= 4 is 34.4 Å². The number of fused-ring (bicyclic) bond motifs is 1. The zero-order valence-corrected chi connectivity index (χ0v) is 20.1. The smallest absolute Gasteiger partial charge is 0.232 e. The molecule has 1 atom stereocenters. The maximum Gasteiger partial charge on any atom is 0.232 e. The molecule has 3 aromatic rings. The van der Waals surface area contributed by atoms with Gasteiger partial charge in [0.15, 0.2) is 0 Å². The molecule has 2 aliphatic carbocycles. The molecular weight excluding hydrogens is 438 g/mol. The molecule has 0 radical (unpaired) electrons. The Kier molecular flexibility index (Phi) is 6.93. The Morgan fingerprint density at radius 3 is 2.51 bits per heavy atom. The van der Waals surface area contributed by atoms with Gasteiger partial charge in [0.2, 0.25) is 11.8 Å². The van der Waals surface area contributed by atoms with Crippen LogP contribution in [0.3, 0.4) is 0 Å². The Morgan fingerprint density at radius 1 is 1.06 bits per heavy atom. The first-order chi connectivity index (χ1) is 17.1. The summed E-state index contributed by atoms with van der Waals surface area (Å²) in [6.07, 6.45) is 13.4. The number of hydrogen-bond acceptors (Lipinski definition) is 4. The Labute approximate surface area is 205 Å². The third kappa shape index (κ3) is 5.45. The first kappa shape index (κ1) is 23.3. The Morgan fingerprint density at radius 2 is 1.83 bits per heavy atom. The minimum Gasteiger partial charge on any atom is -0.337 e. The van der Waals surface area contributed by atoms with E-state index in [1.807, 2.05) is 24.3 Å². The Balaban J connectivity index is 1.24. The molecule has 2 aliphatic rings. The van der Waals surface area contributed by atoms with E-state index in [9.17, 15) is 9.59 Å². The molecule has 7 heteroatoms. The summed E-state index contributed by atoms with van der Waals surface area (Å²) in [4.78, 5) is 37.6. The average Bonchev–Trinajstić information content (AvgIpc) is 3.28. The van der Waals surface area contributed by atoms with Gasteiger partial charge in [0.05, 0.1) is 23.1 Å². The van der Waals surface area contributed by atoms with Gasteiger partial charge in [0, 0.05) is 23.2 Å². The highest BCUT2D eigenvalue weighted by Gasteiger charge is 2.25. The number of aromatic nitrogens is 3. The summed E-state index contributed by atoms with van der Waals surface area (Å²) < 4.78 is 0. The third-order valence-electron chi connectivity index (χ3n) is 7.45. The molecule has 182 valence electrons. The van der Waals surface area contributed by atoms with Gasteiger partial charge >= 0.3 is 0 Å². The molecule has 0 bridgehead atoms. The summed E-state index contributed by atoms with van der Waals surface area (Å²) >= 11 is 0. The number of aromatic amines is 1. The molecule has 2 aromatic heterocycles. The van der Waals surface area contributed by atoms with Crippen molar-refractivity contribution in [2.45, 2.75) is 57.8 Å². The lowest BCUT2D eigenvalue weighted by Gasteiger charge is -2.27. The predicted molar refractivity (Wildman–Crippen MR) is 139 cm³/mol. The second-order valence-corrected chi connectivity index (χ2v) is 9.94. The minimum absolute atomic E-state index is 0.0691. The van der Waals surface area contributed by atoms with Crippen LogP contribution in [0.15, 0.2) is 49.2 Å². The van der Waals surface area contributed by atoms with Crippen molar-refractivity contribution in [1.29, 1.82) is 0 Å². The van der Waals surface area contributed by atoms with E-state index in [0.717, 1.165) is 54.4 Å². The summed E-state index contributed by atoms with van der Waals surface area (Å²) in [5.41, 5.74) is 3.23. The van der Waals surface area contributed by atoms with Crippen LogP contribution in [-0.4, -0.2) is 26.8 Å². The van der Waals surface area contributed by atoms with E-state index < -0.39 is 0 Å². The number of amides is 2. The van der Waals surface area contributed by atoms with Crippen LogP contribution in [0.2, 0.25) is 0 Å². The maximum atomic E-state index is 12.7. The van der Waals surface area contributed by atoms with E-state index in [2.05, 4.69) is 27.2 Å². The topological polar surface area (TPSA) is 99.8 Å². The lowest BCUT2D eigenvalue weighted by molar-refractivity contribution is -0.121. The number of carbonyl (C=O) groups excluding carboxylic acids is 2. The third-order valence-corrected chi connectivity index (χ3v) is 7.45. The lowest BCUT2D eigenvalue weighted by atomic mass is 9.79. The summed E-state index contributed by atoms with van der Waals surface area (Å²) in [6.45, 7) is 3.85. The van der Waals surface area contributed by atoms with Crippen molar-refractivity contribution in [3.05, 3.63) is 49.2 Å². The van der Waals surface area contributed by atoms with Gasteiger partial charge in [0.25, 0.3) is 0 Å². The van der Waals surface area contributed by atoms with Crippen LogP contribution in [-0.2, 0) is 9.59 Å². The van der Waals surface area contributed by atoms with Gasteiger partial charge in [-0.3, -0.25) is 9.59 Å². The predicted octanol–water partition coefficient (Wildman–Crippen LogP) is 6.07. The number of anilines is 2. The van der Waals surface area contributed by atoms with Gasteiger partial charge in [-0.05, 0) is 49.4 Å². The van der Waals surface area contributed by atoms with Gasteiger partial charge in [-0.1, -0.05) is 44.6 Å². The van der Waals surface area contributed by atoms with E-state index in [4.69, 9.17) is 4.98 Å². The number of benzene rings is 1. The second kappa shape index (κ2) is 10.4. The molecule has 5 rings (SSSR count).